The van der Waals surface area contributed by atoms with E-state index >= 15 is 0 Å². The fourth-order valence-electron chi connectivity index (χ4n) is 1.70. The Balaban J connectivity index is 0.00000128. The van der Waals surface area contributed by atoms with Crippen LogP contribution in [-0.2, 0) is 0 Å². The standard InChI is InChI=1S/C13H13N2O3.C2H6.Rb/c1-8-11(17-2)4-9(5-12(8)18-3)10-6-14-13(16)15-7-10;1-2;/h4-6H,1-3H3,(H,14,15,16);1-2H3;/q-1;;+1. The van der Waals surface area contributed by atoms with Gasteiger partial charge in [0.05, 0.1) is 14.2 Å². The minimum atomic E-state index is -0.426. The number of methoxy groups -OCH3 is 2. The molecule has 0 saturated heterocycles. The first-order chi connectivity index (χ1) is 9.65. The minimum Gasteiger partial charge on any atom is -0.497 e. The average molecular weight is 361 g/mol. The van der Waals surface area contributed by atoms with Crippen LogP contribution in [0.2, 0.25) is 0 Å². The fraction of sp³-hybridized carbons (Fsp3) is 0.333. The van der Waals surface area contributed by atoms with Crippen molar-refractivity contribution >= 4 is 0 Å². The summed E-state index contributed by atoms with van der Waals surface area (Å²) in [4.78, 5) is 17.0. The molecule has 5 nitrogen and oxygen atoms in total. The number of hydrogen-bond acceptors (Lipinski definition) is 4. The maximum atomic E-state index is 10.9. The van der Waals surface area contributed by atoms with Gasteiger partial charge in [0.15, 0.2) is 0 Å². The summed E-state index contributed by atoms with van der Waals surface area (Å²) in [5, 5.41) is 0. The van der Waals surface area contributed by atoms with Crippen LogP contribution < -0.4 is 73.4 Å². The average Bonchev–Trinajstić information content (AvgIpc) is 2.50. The molecule has 6 heteroatoms. The number of aromatic amines is 1. The molecule has 2 rings (SSSR count). The number of rotatable bonds is 3. The largest absolute Gasteiger partial charge is 1.00 e. The molecule has 0 radical (unpaired) electrons. The first-order valence-electron chi connectivity index (χ1n) is 6.36. The molecule has 0 spiro atoms. The molecule has 0 unspecified atom stereocenters. The van der Waals surface area contributed by atoms with Crippen LogP contribution in [0.15, 0.2) is 23.1 Å². The van der Waals surface area contributed by atoms with Gasteiger partial charge in [-0.05, 0) is 13.1 Å². The predicted molar refractivity (Wildman–Crippen MR) is 78.3 cm³/mol. The summed E-state index contributed by atoms with van der Waals surface area (Å²) in [6, 6.07) is 3.70. The Kier molecular flexibility index (Phi) is 10.0. The van der Waals surface area contributed by atoms with Crippen LogP contribution in [-0.4, -0.2) is 24.2 Å². The second-order valence-electron chi connectivity index (χ2n) is 3.74. The first-order valence-corrected chi connectivity index (χ1v) is 6.36. The van der Waals surface area contributed by atoms with Crippen molar-refractivity contribution in [3.8, 4) is 22.6 Å². The van der Waals surface area contributed by atoms with Gasteiger partial charge in [-0.25, -0.2) is 0 Å². The van der Waals surface area contributed by atoms with E-state index in [1.54, 1.807) is 20.4 Å². The Hall–Kier alpha value is -0.495. The van der Waals surface area contributed by atoms with Gasteiger partial charge in [0, 0.05) is 5.56 Å². The third-order valence-electron chi connectivity index (χ3n) is 2.68. The van der Waals surface area contributed by atoms with Crippen LogP contribution in [0, 0.1) is 13.1 Å². The first kappa shape index (κ1) is 20.5. The Labute approximate surface area is 173 Å². The van der Waals surface area contributed by atoms with Crippen LogP contribution in [0.4, 0.5) is 0 Å². The molecule has 1 N–H and O–H groups in total. The number of nitrogens with zero attached hydrogens (tertiary/aromatic N) is 1. The molecular formula is C15H19N2O3Rb. The van der Waals surface area contributed by atoms with Crippen molar-refractivity contribution in [1.29, 1.82) is 0 Å². The number of nitrogens with one attached hydrogen (secondary N) is 1. The number of benzene rings is 1. The molecule has 0 aliphatic carbocycles. The van der Waals surface area contributed by atoms with E-state index in [9.17, 15) is 4.79 Å². The zero-order valence-corrected chi connectivity index (χ0v) is 18.3. The van der Waals surface area contributed by atoms with Crippen molar-refractivity contribution < 1.29 is 67.7 Å². The van der Waals surface area contributed by atoms with Gasteiger partial charge in [-0.1, -0.05) is 37.7 Å². The predicted octanol–water partition coefficient (Wildman–Crippen LogP) is -0.407. The van der Waals surface area contributed by atoms with E-state index in [-0.39, 0.29) is 58.2 Å². The van der Waals surface area contributed by atoms with Crippen molar-refractivity contribution in [2.75, 3.05) is 14.2 Å². The van der Waals surface area contributed by atoms with Crippen LogP contribution in [0.3, 0.4) is 0 Å². The Morgan fingerprint density at radius 1 is 1.14 bits per heavy atom. The number of ether oxygens (including phenoxy) is 2. The van der Waals surface area contributed by atoms with E-state index in [1.165, 1.54) is 0 Å². The molecule has 1 aromatic heterocycles. The van der Waals surface area contributed by atoms with Crippen molar-refractivity contribution in [2.45, 2.75) is 20.8 Å². The van der Waals surface area contributed by atoms with E-state index < -0.39 is 5.69 Å². The van der Waals surface area contributed by atoms with E-state index in [1.807, 2.05) is 32.9 Å². The maximum absolute atomic E-state index is 10.9. The van der Waals surface area contributed by atoms with Crippen LogP contribution in [0.25, 0.3) is 11.1 Å². The third-order valence-corrected chi connectivity index (χ3v) is 2.68. The summed E-state index contributed by atoms with van der Waals surface area (Å²) < 4.78 is 10.6. The van der Waals surface area contributed by atoms with Crippen molar-refractivity contribution in [2.24, 2.45) is 0 Å². The minimum absolute atomic E-state index is 0. The Morgan fingerprint density at radius 3 is 2.05 bits per heavy atom. The molecule has 0 aliphatic heterocycles. The topological polar surface area (TPSA) is 64.2 Å². The fourth-order valence-corrected chi connectivity index (χ4v) is 1.70. The SMILES string of the molecule is CC.COc1cc(-c2[c-]nc(=O)[nH]c2)cc(OC)c1C.[Rb+]. The molecule has 0 bridgehead atoms. The summed E-state index contributed by atoms with van der Waals surface area (Å²) in [5.41, 5.74) is 1.98. The van der Waals surface area contributed by atoms with Crippen molar-refractivity contribution in [3.63, 3.8) is 0 Å². The molecule has 0 amide bonds. The number of hydrogen-bond donors (Lipinski definition) is 1. The van der Waals surface area contributed by atoms with Crippen molar-refractivity contribution in [1.82, 2.24) is 9.97 Å². The van der Waals surface area contributed by atoms with Gasteiger partial charge in [-0.3, -0.25) is 0 Å². The van der Waals surface area contributed by atoms with E-state index in [4.69, 9.17) is 9.47 Å². The van der Waals surface area contributed by atoms with Gasteiger partial charge in [0.1, 0.15) is 11.5 Å². The van der Waals surface area contributed by atoms with Gasteiger partial charge in [-0.15, -0.1) is 5.56 Å². The van der Waals surface area contributed by atoms with Gasteiger partial charge in [0.25, 0.3) is 5.69 Å². The molecule has 0 fully saturated rings. The molecule has 0 atom stereocenters. The number of H-pyrrole nitrogens is 1. The summed E-state index contributed by atoms with van der Waals surface area (Å²) in [6.07, 6.45) is 4.22. The van der Waals surface area contributed by atoms with E-state index in [0.29, 0.717) is 17.1 Å². The molecule has 21 heavy (non-hydrogen) atoms. The molecule has 1 aromatic carbocycles. The maximum Gasteiger partial charge on any atom is 1.00 e. The second kappa shape index (κ2) is 10.3. The van der Waals surface area contributed by atoms with Crippen molar-refractivity contribution in [3.05, 3.63) is 40.6 Å². The number of aromatic nitrogens is 2. The molecule has 2 aromatic rings. The molecule has 108 valence electrons. The second-order valence-corrected chi connectivity index (χ2v) is 3.74. The normalized spacial score (nSPS) is 9.00. The summed E-state index contributed by atoms with van der Waals surface area (Å²) in [6.45, 7) is 5.91. The Morgan fingerprint density at radius 2 is 1.67 bits per heavy atom. The van der Waals surface area contributed by atoms with E-state index in [2.05, 4.69) is 16.2 Å². The zero-order chi connectivity index (χ0) is 15.1. The third kappa shape index (κ3) is 5.32. The van der Waals surface area contributed by atoms with Gasteiger partial charge < -0.3 is 24.2 Å². The van der Waals surface area contributed by atoms with Crippen LogP contribution >= 0.6 is 0 Å². The Bertz CT molecular complexity index is 581. The zero-order valence-electron chi connectivity index (χ0n) is 13.4. The van der Waals surface area contributed by atoms with Crippen LogP contribution in [0.5, 0.6) is 11.5 Å². The molecule has 0 aliphatic rings. The van der Waals surface area contributed by atoms with E-state index in [0.717, 1.165) is 11.1 Å². The molecular weight excluding hydrogens is 342 g/mol. The van der Waals surface area contributed by atoms with Gasteiger partial charge in [-0.2, -0.15) is 0 Å². The van der Waals surface area contributed by atoms with Gasteiger partial charge in [0.2, 0.25) is 0 Å². The van der Waals surface area contributed by atoms with Gasteiger partial charge >= 0.3 is 58.2 Å². The summed E-state index contributed by atoms with van der Waals surface area (Å²) in [7, 11) is 3.20. The monoisotopic (exact) mass is 360 g/mol. The van der Waals surface area contributed by atoms with Crippen LogP contribution in [0.1, 0.15) is 19.4 Å². The molecule has 1 heterocycles. The quantitative estimate of drug-likeness (QED) is 0.756. The molecule has 0 saturated carbocycles. The summed E-state index contributed by atoms with van der Waals surface area (Å²) in [5.74, 6) is 1.42. The smallest absolute Gasteiger partial charge is 0.497 e. The summed E-state index contributed by atoms with van der Waals surface area (Å²) >= 11 is 0.